The van der Waals surface area contributed by atoms with E-state index in [4.69, 9.17) is 13.0 Å². The topological polar surface area (TPSA) is 27.6 Å². The first-order valence-electron chi connectivity index (χ1n) is 11.5. The number of aliphatic imine (C=N–C) groups is 1. The predicted molar refractivity (Wildman–Crippen MR) is 137 cm³/mol. The Labute approximate surface area is 194 Å². The number of benzene rings is 3. The maximum Gasteiger partial charge on any atom is 0.182 e. The van der Waals surface area contributed by atoms with Gasteiger partial charge >= 0.3 is 0 Å². The summed E-state index contributed by atoms with van der Waals surface area (Å²) < 4.78 is 0. The summed E-state index contributed by atoms with van der Waals surface area (Å²) in [5.74, 6) is 0.373. The molecule has 0 fully saturated rings. The number of para-hydroxylation sites is 1. The molecule has 0 amide bonds. The number of hydrogen-bond acceptors (Lipinski definition) is 3. The second kappa shape index (κ2) is 9.34. The second-order valence-corrected chi connectivity index (χ2v) is 9.40. The minimum Gasteiger partial charge on any atom is -0.379 e. The summed E-state index contributed by atoms with van der Waals surface area (Å²) in [5.41, 5.74) is 6.66. The Kier molecular flexibility index (Phi) is 6.52. The van der Waals surface area contributed by atoms with Gasteiger partial charge in [0.25, 0.3) is 0 Å². The van der Waals surface area contributed by atoms with Gasteiger partial charge in [-0.15, -0.1) is 0 Å². The smallest absolute Gasteiger partial charge is 0.182 e. The fourth-order valence-electron chi connectivity index (χ4n) is 4.86. The largest absolute Gasteiger partial charge is 0.379 e. The summed E-state index contributed by atoms with van der Waals surface area (Å²) in [7, 11) is 6.19. The van der Waals surface area contributed by atoms with E-state index in [1.165, 1.54) is 5.56 Å². The van der Waals surface area contributed by atoms with Gasteiger partial charge in [-0.1, -0.05) is 100 Å². The highest BCUT2D eigenvalue weighted by Crippen LogP contribution is 2.47. The molecule has 0 aliphatic carbocycles. The van der Waals surface area contributed by atoms with Crippen LogP contribution in [0.3, 0.4) is 0 Å². The van der Waals surface area contributed by atoms with E-state index in [1.807, 2.05) is 16.9 Å². The van der Waals surface area contributed by atoms with E-state index in [0.717, 1.165) is 41.3 Å². The van der Waals surface area contributed by atoms with Crippen LogP contribution >= 0.6 is 0 Å². The van der Waals surface area contributed by atoms with E-state index in [2.05, 4.69) is 99.7 Å². The Morgan fingerprint density at radius 2 is 1.53 bits per heavy atom. The average molecular weight is 421 g/mol. The monoisotopic (exact) mass is 421 g/mol. The summed E-state index contributed by atoms with van der Waals surface area (Å²) in [6.07, 6.45) is 0. The van der Waals surface area contributed by atoms with Crippen LogP contribution in [0.5, 0.6) is 0 Å². The lowest BCUT2D eigenvalue weighted by Gasteiger charge is -2.38. The van der Waals surface area contributed by atoms with Crippen LogP contribution in [0, 0.1) is 5.41 Å². The number of nitrogens with zero attached hydrogens (tertiary/aromatic N) is 2. The average Bonchev–Trinajstić information content (AvgIpc) is 3.16. The van der Waals surface area contributed by atoms with Gasteiger partial charge < -0.3 is 10.1 Å². The van der Waals surface area contributed by atoms with Crippen molar-refractivity contribution in [3.8, 4) is 0 Å². The highest BCUT2D eigenvalue weighted by atomic mass is 15.1. The summed E-state index contributed by atoms with van der Waals surface area (Å²) in [6, 6.07) is 27.6. The van der Waals surface area contributed by atoms with Gasteiger partial charge in [0.05, 0.1) is 17.1 Å². The molecule has 0 aromatic heterocycles. The molecular weight excluding hydrogens is 389 g/mol. The van der Waals surface area contributed by atoms with Crippen LogP contribution in [-0.2, 0) is 0 Å². The van der Waals surface area contributed by atoms with Crippen LogP contribution in [0.2, 0.25) is 0 Å². The first-order valence-corrected chi connectivity index (χ1v) is 11.5. The summed E-state index contributed by atoms with van der Waals surface area (Å²) in [4.78, 5) is 7.12. The van der Waals surface area contributed by atoms with E-state index in [1.54, 1.807) is 0 Å². The minimum absolute atomic E-state index is 0.00582. The van der Waals surface area contributed by atoms with E-state index in [9.17, 15) is 0 Å². The van der Waals surface area contributed by atoms with Crippen molar-refractivity contribution in [3.63, 3.8) is 0 Å². The molecule has 1 N–H and O–H groups in total. The third-order valence-corrected chi connectivity index (χ3v) is 6.55. The molecule has 4 rings (SSSR count). The predicted octanol–water partition coefficient (Wildman–Crippen LogP) is 6.18. The fraction of sp³-hybridized carbons (Fsp3) is 0.321. The van der Waals surface area contributed by atoms with Crippen molar-refractivity contribution in [2.45, 2.75) is 39.7 Å². The Hall–Kier alpha value is -2.85. The van der Waals surface area contributed by atoms with Gasteiger partial charge in [0.1, 0.15) is 0 Å². The normalized spacial score (nSPS) is 17.7. The lowest BCUT2D eigenvalue weighted by atomic mass is 9.77. The van der Waals surface area contributed by atoms with Crippen LogP contribution in [0.25, 0.3) is 0 Å². The van der Waals surface area contributed by atoms with Crippen LogP contribution in [0.1, 0.15) is 50.3 Å². The number of fused-ring (bicyclic) bond motifs is 1. The van der Waals surface area contributed by atoms with E-state index in [-0.39, 0.29) is 11.5 Å². The first-order chi connectivity index (χ1) is 15.4. The zero-order chi connectivity index (χ0) is 22.7. The van der Waals surface area contributed by atoms with Crippen LogP contribution in [0.4, 0.5) is 11.4 Å². The summed E-state index contributed by atoms with van der Waals surface area (Å²) in [5, 5.41) is 3.84. The van der Waals surface area contributed by atoms with Crippen molar-refractivity contribution in [1.29, 1.82) is 0 Å². The SMILES string of the molecule is [B]N(CC)CC(C)(C)C1Nc2c(N=C(c3ccccc3)c3ccccc3)cccc2C1C. The summed E-state index contributed by atoms with van der Waals surface area (Å²) in [6.45, 7) is 10.7. The first kappa shape index (κ1) is 22.4. The number of hydrogen-bond donors (Lipinski definition) is 1. The van der Waals surface area contributed by atoms with Crippen molar-refractivity contribution in [1.82, 2.24) is 4.81 Å². The van der Waals surface area contributed by atoms with Crippen molar-refractivity contribution < 1.29 is 0 Å². The molecule has 2 radical (unpaired) electrons. The molecule has 2 atom stereocenters. The molecule has 4 heteroatoms. The van der Waals surface area contributed by atoms with Crippen molar-refractivity contribution in [3.05, 3.63) is 95.6 Å². The van der Waals surface area contributed by atoms with Crippen molar-refractivity contribution in [2.24, 2.45) is 10.4 Å². The van der Waals surface area contributed by atoms with Gasteiger partial charge in [-0.2, -0.15) is 0 Å². The third-order valence-electron chi connectivity index (χ3n) is 6.55. The zero-order valence-electron chi connectivity index (χ0n) is 19.5. The quantitative estimate of drug-likeness (QED) is 0.364. The molecule has 2 unspecified atom stereocenters. The second-order valence-electron chi connectivity index (χ2n) is 9.40. The van der Waals surface area contributed by atoms with Crippen LogP contribution in [0.15, 0.2) is 83.9 Å². The van der Waals surface area contributed by atoms with Crippen molar-refractivity contribution in [2.75, 3.05) is 18.4 Å². The summed E-state index contributed by atoms with van der Waals surface area (Å²) >= 11 is 0. The lowest BCUT2D eigenvalue weighted by Crippen LogP contribution is -2.44. The molecule has 32 heavy (non-hydrogen) atoms. The highest BCUT2D eigenvalue weighted by molar-refractivity contribution is 6.14. The van der Waals surface area contributed by atoms with E-state index in [0.29, 0.717) is 5.92 Å². The van der Waals surface area contributed by atoms with Gasteiger partial charge in [0.15, 0.2) is 7.98 Å². The molecule has 0 spiro atoms. The Morgan fingerprint density at radius 1 is 0.938 bits per heavy atom. The van der Waals surface area contributed by atoms with Gasteiger partial charge in [-0.25, -0.2) is 4.99 Å². The van der Waals surface area contributed by atoms with Crippen LogP contribution < -0.4 is 5.32 Å². The van der Waals surface area contributed by atoms with E-state index >= 15 is 0 Å². The number of anilines is 1. The fourth-order valence-corrected chi connectivity index (χ4v) is 4.86. The molecule has 0 saturated carbocycles. The van der Waals surface area contributed by atoms with Gasteiger partial charge in [-0.05, 0) is 30.1 Å². The molecule has 3 aromatic carbocycles. The van der Waals surface area contributed by atoms with Gasteiger partial charge in [0, 0.05) is 23.1 Å². The van der Waals surface area contributed by atoms with Crippen molar-refractivity contribution >= 4 is 25.1 Å². The molecule has 1 heterocycles. The third kappa shape index (κ3) is 4.51. The highest BCUT2D eigenvalue weighted by Gasteiger charge is 2.40. The zero-order valence-corrected chi connectivity index (χ0v) is 19.5. The van der Waals surface area contributed by atoms with E-state index < -0.39 is 0 Å². The maximum absolute atomic E-state index is 6.19. The molecule has 3 nitrogen and oxygen atoms in total. The number of rotatable bonds is 7. The lowest BCUT2D eigenvalue weighted by molar-refractivity contribution is 0.223. The molecule has 3 aromatic rings. The molecule has 1 aliphatic rings. The maximum atomic E-state index is 6.19. The molecule has 1 aliphatic heterocycles. The molecule has 162 valence electrons. The Balaban J connectivity index is 1.75. The molecule has 0 bridgehead atoms. The minimum atomic E-state index is 0.00582. The Morgan fingerprint density at radius 3 is 2.09 bits per heavy atom. The van der Waals surface area contributed by atoms with Gasteiger partial charge in [0.2, 0.25) is 0 Å². The number of nitrogens with one attached hydrogen (secondary N) is 1. The van der Waals surface area contributed by atoms with Gasteiger partial charge in [-0.3, -0.25) is 0 Å². The Bertz CT molecular complexity index is 1030. The standard InChI is InChI=1S/C28H32BN3/c1-5-32(29)19-28(3,4)27-20(2)23-17-12-18-24(26(23)31-27)30-25(21-13-8-6-9-14-21)22-15-10-7-11-16-22/h6-18,20,27,31H,5,19H2,1-4H3. The van der Waals surface area contributed by atoms with Crippen LogP contribution in [-0.4, -0.2) is 37.6 Å². The molecular formula is C28H32BN3. The molecule has 0 saturated heterocycles.